The highest BCUT2D eigenvalue weighted by molar-refractivity contribution is 7.90. The van der Waals surface area contributed by atoms with Crippen molar-refractivity contribution in [2.45, 2.75) is 4.90 Å². The van der Waals surface area contributed by atoms with Crippen LogP contribution in [-0.4, -0.2) is 27.6 Å². The first kappa shape index (κ1) is 17.9. The fraction of sp³-hybridized carbons (Fsp3) is 0.0952. The molecule has 0 aliphatic rings. The molecule has 0 aromatic heterocycles. The molecular formula is C21H19NO3S. The summed E-state index contributed by atoms with van der Waals surface area (Å²) in [5.74, 6) is -0.156. The highest BCUT2D eigenvalue weighted by atomic mass is 32.2. The van der Waals surface area contributed by atoms with Gasteiger partial charge in [0.2, 0.25) is 0 Å². The molecule has 0 spiro atoms. The first-order valence-electron chi connectivity index (χ1n) is 8.10. The van der Waals surface area contributed by atoms with Gasteiger partial charge in [0.1, 0.15) is 0 Å². The van der Waals surface area contributed by atoms with Crippen molar-refractivity contribution in [3.63, 3.8) is 0 Å². The van der Waals surface area contributed by atoms with Crippen LogP contribution in [0, 0.1) is 0 Å². The second-order valence-corrected chi connectivity index (χ2v) is 8.09. The van der Waals surface area contributed by atoms with Gasteiger partial charge in [-0.25, -0.2) is 8.42 Å². The molecule has 0 unspecified atom stereocenters. The van der Waals surface area contributed by atoms with Gasteiger partial charge in [-0.2, -0.15) is 0 Å². The second-order valence-electron chi connectivity index (χ2n) is 6.07. The number of sulfone groups is 1. The zero-order valence-electron chi connectivity index (χ0n) is 14.6. The summed E-state index contributed by atoms with van der Waals surface area (Å²) in [5, 5.41) is 0. The van der Waals surface area contributed by atoms with Crippen molar-refractivity contribution < 1.29 is 13.2 Å². The van der Waals surface area contributed by atoms with Crippen molar-refractivity contribution in [1.29, 1.82) is 0 Å². The first-order chi connectivity index (χ1) is 12.4. The molecule has 0 saturated heterocycles. The molecule has 0 bridgehead atoms. The highest BCUT2D eigenvalue weighted by Crippen LogP contribution is 2.22. The average molecular weight is 365 g/mol. The van der Waals surface area contributed by atoms with Crippen molar-refractivity contribution in [3.8, 4) is 11.1 Å². The maximum atomic E-state index is 12.7. The molecule has 0 aliphatic heterocycles. The largest absolute Gasteiger partial charge is 0.311 e. The SMILES string of the molecule is CN(C(=O)c1ccc(-c2ccccc2)cc1)c1ccc(S(C)(=O)=O)cc1. The van der Waals surface area contributed by atoms with Gasteiger partial charge in [-0.1, -0.05) is 42.5 Å². The lowest BCUT2D eigenvalue weighted by Gasteiger charge is -2.18. The van der Waals surface area contributed by atoms with E-state index in [1.165, 1.54) is 17.0 Å². The molecule has 132 valence electrons. The Balaban J connectivity index is 1.80. The number of carbonyl (C=O) groups is 1. The van der Waals surface area contributed by atoms with E-state index in [0.717, 1.165) is 17.4 Å². The van der Waals surface area contributed by atoms with Crippen molar-refractivity contribution in [3.05, 3.63) is 84.4 Å². The number of benzene rings is 3. The summed E-state index contributed by atoms with van der Waals surface area (Å²) in [5.41, 5.74) is 3.34. The quantitative estimate of drug-likeness (QED) is 0.701. The minimum Gasteiger partial charge on any atom is -0.311 e. The van der Waals surface area contributed by atoms with E-state index in [2.05, 4.69) is 0 Å². The van der Waals surface area contributed by atoms with Gasteiger partial charge in [-0.05, 0) is 47.5 Å². The van der Waals surface area contributed by atoms with Crippen LogP contribution in [0.2, 0.25) is 0 Å². The fourth-order valence-electron chi connectivity index (χ4n) is 2.66. The van der Waals surface area contributed by atoms with E-state index in [1.807, 2.05) is 42.5 Å². The van der Waals surface area contributed by atoms with Gasteiger partial charge in [0.15, 0.2) is 9.84 Å². The molecular weight excluding hydrogens is 346 g/mol. The molecule has 5 heteroatoms. The number of amides is 1. The van der Waals surface area contributed by atoms with Crippen LogP contribution in [0.4, 0.5) is 5.69 Å². The Bertz CT molecular complexity index is 1010. The van der Waals surface area contributed by atoms with Crippen LogP contribution in [0.5, 0.6) is 0 Å². The minimum atomic E-state index is -3.25. The van der Waals surface area contributed by atoms with Gasteiger partial charge in [-0.15, -0.1) is 0 Å². The van der Waals surface area contributed by atoms with Gasteiger partial charge in [0.05, 0.1) is 4.90 Å². The molecule has 0 atom stereocenters. The summed E-state index contributed by atoms with van der Waals surface area (Å²) >= 11 is 0. The van der Waals surface area contributed by atoms with Gasteiger partial charge >= 0.3 is 0 Å². The van der Waals surface area contributed by atoms with Crippen LogP contribution in [0.1, 0.15) is 10.4 Å². The van der Waals surface area contributed by atoms with Gasteiger partial charge in [0.25, 0.3) is 5.91 Å². The van der Waals surface area contributed by atoms with E-state index < -0.39 is 9.84 Å². The number of hydrogen-bond donors (Lipinski definition) is 0. The summed E-state index contributed by atoms with van der Waals surface area (Å²) < 4.78 is 23.1. The predicted molar refractivity (Wildman–Crippen MR) is 104 cm³/mol. The van der Waals surface area contributed by atoms with Crippen LogP contribution >= 0.6 is 0 Å². The summed E-state index contributed by atoms with van der Waals surface area (Å²) in [6, 6.07) is 23.7. The maximum Gasteiger partial charge on any atom is 0.258 e. The molecule has 0 radical (unpaired) electrons. The summed E-state index contributed by atoms with van der Waals surface area (Å²) in [7, 11) is -1.58. The minimum absolute atomic E-state index is 0.156. The standard InChI is InChI=1S/C21H19NO3S/c1-22(19-12-14-20(15-13-19)26(2,24)25)21(23)18-10-8-17(9-11-18)16-6-4-3-5-7-16/h3-15H,1-2H3. The number of carbonyl (C=O) groups excluding carboxylic acids is 1. The average Bonchev–Trinajstić information content (AvgIpc) is 2.67. The van der Waals surface area contributed by atoms with Crippen LogP contribution in [-0.2, 0) is 9.84 Å². The molecule has 26 heavy (non-hydrogen) atoms. The Labute approximate surface area is 153 Å². The summed E-state index contributed by atoms with van der Waals surface area (Å²) in [4.78, 5) is 14.4. The zero-order valence-corrected chi connectivity index (χ0v) is 15.4. The Morgan fingerprint density at radius 2 is 1.31 bits per heavy atom. The number of nitrogens with zero attached hydrogens (tertiary/aromatic N) is 1. The lowest BCUT2D eigenvalue weighted by Crippen LogP contribution is -2.26. The molecule has 3 aromatic rings. The molecule has 1 amide bonds. The Morgan fingerprint density at radius 3 is 1.85 bits per heavy atom. The fourth-order valence-corrected chi connectivity index (χ4v) is 3.29. The van der Waals surface area contributed by atoms with E-state index in [9.17, 15) is 13.2 Å². The monoisotopic (exact) mass is 365 g/mol. The summed E-state index contributed by atoms with van der Waals surface area (Å²) in [6.07, 6.45) is 1.16. The van der Waals surface area contributed by atoms with Gasteiger partial charge in [0, 0.05) is 24.6 Å². The number of anilines is 1. The molecule has 0 N–H and O–H groups in total. The maximum absolute atomic E-state index is 12.7. The van der Waals surface area contributed by atoms with Crippen molar-refractivity contribution in [2.24, 2.45) is 0 Å². The smallest absolute Gasteiger partial charge is 0.258 e. The Hall–Kier alpha value is -2.92. The topological polar surface area (TPSA) is 54.5 Å². The number of rotatable bonds is 4. The van der Waals surface area contributed by atoms with E-state index in [1.54, 1.807) is 31.3 Å². The molecule has 0 aliphatic carbocycles. The van der Waals surface area contributed by atoms with Crippen LogP contribution in [0.15, 0.2) is 83.8 Å². The molecule has 3 rings (SSSR count). The third-order valence-electron chi connectivity index (χ3n) is 4.20. The molecule has 3 aromatic carbocycles. The Kier molecular flexibility index (Phi) is 4.91. The molecule has 4 nitrogen and oxygen atoms in total. The summed E-state index contributed by atoms with van der Waals surface area (Å²) in [6.45, 7) is 0. The zero-order chi connectivity index (χ0) is 18.7. The second kappa shape index (κ2) is 7.14. The van der Waals surface area contributed by atoms with E-state index >= 15 is 0 Å². The lowest BCUT2D eigenvalue weighted by molar-refractivity contribution is 0.0993. The van der Waals surface area contributed by atoms with Gasteiger partial charge < -0.3 is 4.90 Å². The molecule has 0 heterocycles. The third kappa shape index (κ3) is 3.83. The van der Waals surface area contributed by atoms with Crippen molar-refractivity contribution in [1.82, 2.24) is 0 Å². The first-order valence-corrected chi connectivity index (χ1v) is 9.99. The van der Waals surface area contributed by atoms with Crippen molar-refractivity contribution >= 4 is 21.4 Å². The lowest BCUT2D eigenvalue weighted by atomic mass is 10.0. The third-order valence-corrected chi connectivity index (χ3v) is 5.32. The number of hydrogen-bond acceptors (Lipinski definition) is 3. The Morgan fingerprint density at radius 1 is 0.769 bits per heavy atom. The van der Waals surface area contributed by atoms with Gasteiger partial charge in [-0.3, -0.25) is 4.79 Å². The van der Waals surface area contributed by atoms with Crippen LogP contribution in [0.3, 0.4) is 0 Å². The highest BCUT2D eigenvalue weighted by Gasteiger charge is 2.15. The molecule has 0 fully saturated rings. The normalized spacial score (nSPS) is 11.2. The van der Waals surface area contributed by atoms with E-state index in [4.69, 9.17) is 0 Å². The van der Waals surface area contributed by atoms with E-state index in [0.29, 0.717) is 11.3 Å². The molecule has 0 saturated carbocycles. The van der Waals surface area contributed by atoms with E-state index in [-0.39, 0.29) is 10.8 Å². The van der Waals surface area contributed by atoms with Crippen LogP contribution in [0.25, 0.3) is 11.1 Å². The predicted octanol–water partition coefficient (Wildman–Crippen LogP) is 4.03. The van der Waals surface area contributed by atoms with Crippen molar-refractivity contribution in [2.75, 3.05) is 18.2 Å². The van der Waals surface area contributed by atoms with Crippen LogP contribution < -0.4 is 4.90 Å².